The molecule has 0 amide bonds. The van der Waals surface area contributed by atoms with Crippen LogP contribution in [0, 0.1) is 0 Å². The topological polar surface area (TPSA) is 118 Å². The number of nitrogen functional groups attached to an aromatic ring is 1. The summed E-state index contributed by atoms with van der Waals surface area (Å²) >= 11 is 2.86. The summed E-state index contributed by atoms with van der Waals surface area (Å²) in [5.74, 6) is 1.97. The average molecular weight is 561 g/mol. The Kier molecular flexibility index (Phi) is 7.62. The highest BCUT2D eigenvalue weighted by Crippen LogP contribution is 2.43. The molecule has 0 saturated heterocycles. The van der Waals surface area contributed by atoms with Crippen molar-refractivity contribution in [2.24, 2.45) is 0 Å². The van der Waals surface area contributed by atoms with Gasteiger partial charge in [0.25, 0.3) is 0 Å². The lowest BCUT2D eigenvalue weighted by atomic mass is 10.1. The van der Waals surface area contributed by atoms with Gasteiger partial charge >= 0.3 is 5.97 Å². The standard InChI is InChI=1S/C28H24N4O5S2/c1-34-21-13-18(14-22(35-2)23(21)36-3)30-28-32-25(29)24(39-28)26-31-20(15-38-26)16-9-11-19(12-10-16)37-27(33)17-7-5-4-6-8-17/h4-15H,29H2,1-3H3,(H,30,32). The molecule has 0 aliphatic carbocycles. The molecule has 3 N–H and O–H groups in total. The van der Waals surface area contributed by atoms with Crippen molar-refractivity contribution in [1.29, 1.82) is 0 Å². The summed E-state index contributed by atoms with van der Waals surface area (Å²) in [6, 6.07) is 19.7. The third-order valence-corrected chi connectivity index (χ3v) is 7.62. The zero-order valence-electron chi connectivity index (χ0n) is 21.3. The lowest BCUT2D eigenvalue weighted by Crippen LogP contribution is -2.07. The van der Waals surface area contributed by atoms with E-state index in [0.29, 0.717) is 45.2 Å². The number of nitrogens with two attached hydrogens (primary N) is 1. The first-order valence-corrected chi connectivity index (χ1v) is 13.4. The number of hydrogen-bond donors (Lipinski definition) is 2. The number of thiazole rings is 2. The second kappa shape index (κ2) is 11.4. The van der Waals surface area contributed by atoms with Crippen molar-refractivity contribution in [3.05, 3.63) is 77.7 Å². The molecule has 0 saturated carbocycles. The molecule has 198 valence electrons. The van der Waals surface area contributed by atoms with Gasteiger partial charge in [-0.25, -0.2) is 14.8 Å². The van der Waals surface area contributed by atoms with Gasteiger partial charge in [0.2, 0.25) is 5.75 Å². The second-order valence-electron chi connectivity index (χ2n) is 8.09. The quantitative estimate of drug-likeness (QED) is 0.154. The molecule has 39 heavy (non-hydrogen) atoms. The number of aromatic nitrogens is 2. The van der Waals surface area contributed by atoms with E-state index in [1.54, 1.807) is 69.9 Å². The van der Waals surface area contributed by atoms with Crippen LogP contribution in [-0.2, 0) is 0 Å². The Balaban J connectivity index is 1.31. The van der Waals surface area contributed by atoms with Crippen LogP contribution in [-0.4, -0.2) is 37.3 Å². The zero-order chi connectivity index (χ0) is 27.4. The van der Waals surface area contributed by atoms with Crippen LogP contribution in [0.2, 0.25) is 0 Å². The van der Waals surface area contributed by atoms with E-state index in [4.69, 9.17) is 29.7 Å². The third-order valence-electron chi connectivity index (χ3n) is 5.64. The van der Waals surface area contributed by atoms with E-state index >= 15 is 0 Å². The van der Waals surface area contributed by atoms with Crippen LogP contribution in [0.1, 0.15) is 10.4 Å². The Labute approximate surface area is 232 Å². The second-order valence-corrected chi connectivity index (χ2v) is 9.95. The van der Waals surface area contributed by atoms with Crippen LogP contribution in [0.25, 0.3) is 21.1 Å². The van der Waals surface area contributed by atoms with Gasteiger partial charge in [-0.3, -0.25) is 0 Å². The molecule has 0 aliphatic heterocycles. The summed E-state index contributed by atoms with van der Waals surface area (Å²) in [6.07, 6.45) is 0. The molecule has 2 heterocycles. The van der Waals surface area contributed by atoms with Crippen LogP contribution in [0.4, 0.5) is 16.6 Å². The van der Waals surface area contributed by atoms with E-state index in [-0.39, 0.29) is 0 Å². The number of nitrogens with one attached hydrogen (secondary N) is 1. The molecule has 5 rings (SSSR count). The first kappa shape index (κ1) is 26.0. The van der Waals surface area contributed by atoms with Gasteiger partial charge < -0.3 is 30.0 Å². The minimum Gasteiger partial charge on any atom is -0.493 e. The van der Waals surface area contributed by atoms with Gasteiger partial charge in [0, 0.05) is 28.8 Å². The molecule has 2 aromatic heterocycles. The molecule has 0 unspecified atom stereocenters. The summed E-state index contributed by atoms with van der Waals surface area (Å²) < 4.78 is 21.7. The van der Waals surface area contributed by atoms with E-state index in [2.05, 4.69) is 10.3 Å². The van der Waals surface area contributed by atoms with Crippen molar-refractivity contribution in [1.82, 2.24) is 9.97 Å². The van der Waals surface area contributed by atoms with Gasteiger partial charge in [-0.1, -0.05) is 29.5 Å². The predicted molar refractivity (Wildman–Crippen MR) is 154 cm³/mol. The number of benzene rings is 3. The van der Waals surface area contributed by atoms with Gasteiger partial charge in [-0.05, 0) is 36.4 Å². The normalized spacial score (nSPS) is 10.6. The molecular weight excluding hydrogens is 536 g/mol. The fourth-order valence-electron chi connectivity index (χ4n) is 3.76. The Morgan fingerprint density at radius 2 is 1.59 bits per heavy atom. The molecule has 0 spiro atoms. The van der Waals surface area contributed by atoms with E-state index in [0.717, 1.165) is 21.1 Å². The number of carbonyl (C=O) groups excluding carboxylic acids is 1. The number of ether oxygens (including phenoxy) is 4. The van der Waals surface area contributed by atoms with Crippen LogP contribution < -0.4 is 30.0 Å². The average Bonchev–Trinajstić information content (AvgIpc) is 3.59. The summed E-state index contributed by atoms with van der Waals surface area (Å²) in [6.45, 7) is 0. The first-order valence-electron chi connectivity index (χ1n) is 11.7. The smallest absolute Gasteiger partial charge is 0.343 e. The van der Waals surface area contributed by atoms with Crippen molar-refractivity contribution in [2.45, 2.75) is 0 Å². The van der Waals surface area contributed by atoms with Crippen LogP contribution in [0.5, 0.6) is 23.0 Å². The number of esters is 1. The molecular formula is C28H24N4O5S2. The highest BCUT2D eigenvalue weighted by atomic mass is 32.1. The fourth-order valence-corrected chi connectivity index (χ4v) is 5.59. The number of methoxy groups -OCH3 is 3. The highest BCUT2D eigenvalue weighted by molar-refractivity contribution is 7.23. The molecule has 0 radical (unpaired) electrons. The maximum absolute atomic E-state index is 12.3. The summed E-state index contributed by atoms with van der Waals surface area (Å²) in [4.78, 5) is 22.3. The molecule has 0 fully saturated rings. The van der Waals surface area contributed by atoms with E-state index < -0.39 is 5.97 Å². The Morgan fingerprint density at radius 1 is 0.897 bits per heavy atom. The van der Waals surface area contributed by atoms with E-state index in [1.165, 1.54) is 22.7 Å². The van der Waals surface area contributed by atoms with Crippen molar-refractivity contribution >= 4 is 45.3 Å². The monoisotopic (exact) mass is 560 g/mol. The predicted octanol–water partition coefficient (Wildman–Crippen LogP) is 6.50. The van der Waals surface area contributed by atoms with Crippen LogP contribution in [0.3, 0.4) is 0 Å². The summed E-state index contributed by atoms with van der Waals surface area (Å²) in [5.41, 5.74) is 9.12. The van der Waals surface area contributed by atoms with Crippen LogP contribution in [0.15, 0.2) is 72.1 Å². The fraction of sp³-hybridized carbons (Fsp3) is 0.107. The summed E-state index contributed by atoms with van der Waals surface area (Å²) in [7, 11) is 4.68. The number of nitrogens with zero attached hydrogens (tertiary/aromatic N) is 2. The Morgan fingerprint density at radius 3 is 2.23 bits per heavy atom. The highest BCUT2D eigenvalue weighted by Gasteiger charge is 2.18. The SMILES string of the molecule is COc1cc(Nc2nc(N)c(-c3nc(-c4ccc(OC(=O)c5ccccc5)cc4)cs3)s2)cc(OC)c1OC. The molecule has 5 aromatic rings. The van der Waals surface area contributed by atoms with Crippen molar-refractivity contribution in [3.8, 4) is 44.1 Å². The third kappa shape index (κ3) is 5.64. The van der Waals surface area contributed by atoms with Gasteiger partial charge in [-0.2, -0.15) is 0 Å². The van der Waals surface area contributed by atoms with Gasteiger partial charge in [0.15, 0.2) is 16.6 Å². The van der Waals surface area contributed by atoms with Crippen molar-refractivity contribution < 1.29 is 23.7 Å². The minimum absolute atomic E-state index is 0.374. The summed E-state index contributed by atoms with van der Waals surface area (Å²) in [5, 5.41) is 6.55. The lowest BCUT2D eigenvalue weighted by molar-refractivity contribution is 0.0735. The van der Waals surface area contributed by atoms with Crippen LogP contribution >= 0.6 is 22.7 Å². The molecule has 0 atom stereocenters. The molecule has 9 nitrogen and oxygen atoms in total. The van der Waals surface area contributed by atoms with Gasteiger partial charge in [0.05, 0.1) is 32.6 Å². The lowest BCUT2D eigenvalue weighted by Gasteiger charge is -2.14. The number of carbonyl (C=O) groups is 1. The molecule has 3 aromatic carbocycles. The van der Waals surface area contributed by atoms with Crippen molar-refractivity contribution in [3.63, 3.8) is 0 Å². The molecule has 11 heteroatoms. The van der Waals surface area contributed by atoms with E-state index in [9.17, 15) is 4.79 Å². The minimum atomic E-state index is -0.407. The first-order chi connectivity index (χ1) is 19.0. The van der Waals surface area contributed by atoms with Gasteiger partial charge in [-0.15, -0.1) is 11.3 Å². The van der Waals surface area contributed by atoms with Gasteiger partial charge in [0.1, 0.15) is 21.5 Å². The Bertz CT molecular complexity index is 1580. The molecule has 0 aliphatic rings. The maximum atomic E-state index is 12.3. The number of rotatable bonds is 9. The van der Waals surface area contributed by atoms with E-state index in [1.807, 2.05) is 23.6 Å². The zero-order valence-corrected chi connectivity index (χ0v) is 22.9. The number of hydrogen-bond acceptors (Lipinski definition) is 11. The maximum Gasteiger partial charge on any atom is 0.343 e. The number of anilines is 3. The van der Waals surface area contributed by atoms with Crippen molar-refractivity contribution in [2.75, 3.05) is 32.4 Å². The largest absolute Gasteiger partial charge is 0.493 e. The molecule has 0 bridgehead atoms. The Hall–Kier alpha value is -4.61.